The molecule has 0 unspecified atom stereocenters. The summed E-state index contributed by atoms with van der Waals surface area (Å²) in [6.07, 6.45) is 0. The van der Waals surface area contributed by atoms with Gasteiger partial charge in [-0.25, -0.2) is 0 Å². The van der Waals surface area contributed by atoms with Crippen LogP contribution in [0.15, 0.2) is 206 Å². The van der Waals surface area contributed by atoms with Crippen LogP contribution in [-0.4, -0.2) is 9.13 Å². The van der Waals surface area contributed by atoms with E-state index in [9.17, 15) is 31.6 Å². The van der Waals surface area contributed by atoms with Gasteiger partial charge in [-0.05, 0) is 154 Å². The molecule has 12 aromatic rings. The number of hydrogen-bond acceptors (Lipinski definition) is 6. The van der Waals surface area contributed by atoms with E-state index in [1.54, 1.807) is 12.1 Å². The summed E-state index contributed by atoms with van der Waals surface area (Å²) in [5, 5.41) is 65.6. The highest BCUT2D eigenvalue weighted by Crippen LogP contribution is 2.42. The number of nitrogens with zero attached hydrogens (tertiary/aromatic N) is 8. The summed E-state index contributed by atoms with van der Waals surface area (Å²) in [5.74, 6) is 0. The molecule has 0 spiro atoms. The maximum atomic E-state index is 10.8. The number of aromatic nitrogens is 2. The van der Waals surface area contributed by atoms with E-state index in [0.717, 1.165) is 99.5 Å². The molecule has 12 rings (SSSR count). The van der Waals surface area contributed by atoms with Gasteiger partial charge < -0.3 is 9.13 Å². The number of hydrogen-bond donors (Lipinski definition) is 0. The van der Waals surface area contributed by atoms with E-state index in [1.165, 1.54) is 0 Å². The van der Waals surface area contributed by atoms with Gasteiger partial charge in [0.2, 0.25) is 0 Å². The first kappa shape index (κ1) is 44.0. The zero-order valence-electron chi connectivity index (χ0n) is 39.2. The van der Waals surface area contributed by atoms with E-state index in [4.69, 9.17) is 0 Å². The highest BCUT2D eigenvalue weighted by Gasteiger charge is 2.22. The van der Waals surface area contributed by atoms with Gasteiger partial charge >= 0.3 is 0 Å². The number of benzene rings is 10. The highest BCUT2D eigenvalue weighted by atomic mass is 15.0. The zero-order chi connectivity index (χ0) is 50.5. The molecule has 10 aromatic carbocycles. The molecule has 0 saturated carbocycles. The second-order valence-corrected chi connectivity index (χ2v) is 17.9. The summed E-state index contributed by atoms with van der Waals surface area (Å²) in [4.78, 5) is 0. The van der Waals surface area contributed by atoms with E-state index in [2.05, 4.69) is 94.1 Å². The van der Waals surface area contributed by atoms with E-state index in [1.807, 2.05) is 146 Å². The van der Waals surface area contributed by atoms with Crippen molar-refractivity contribution in [3.05, 3.63) is 240 Å². The van der Waals surface area contributed by atoms with Crippen LogP contribution >= 0.6 is 0 Å². The van der Waals surface area contributed by atoms with Crippen molar-refractivity contribution >= 4 is 43.6 Å². The minimum absolute atomic E-state index is 0.387. The van der Waals surface area contributed by atoms with Crippen molar-refractivity contribution in [2.24, 2.45) is 0 Å². The lowest BCUT2D eigenvalue weighted by atomic mass is 9.95. The first-order chi connectivity index (χ1) is 36.4. The van der Waals surface area contributed by atoms with E-state index in [0.29, 0.717) is 44.5 Å². The number of fused-ring (bicyclic) bond motifs is 6. The highest BCUT2D eigenvalue weighted by molar-refractivity contribution is 6.13. The van der Waals surface area contributed by atoms with Crippen LogP contribution < -0.4 is 0 Å². The first-order valence-corrected chi connectivity index (χ1v) is 23.7. The van der Waals surface area contributed by atoms with Crippen LogP contribution in [0.25, 0.3) is 111 Å². The molecule has 0 bridgehead atoms. The summed E-state index contributed by atoms with van der Waals surface area (Å²) in [5.41, 5.74) is 16.0. The van der Waals surface area contributed by atoms with Crippen molar-refractivity contribution < 1.29 is 0 Å². The molecule has 2 aromatic heterocycles. The minimum Gasteiger partial charge on any atom is -0.309 e. The van der Waals surface area contributed by atoms with E-state index in [-0.39, 0.29) is 0 Å². The normalized spacial score (nSPS) is 10.9. The molecule has 0 N–H and O–H groups in total. The summed E-state index contributed by atoms with van der Waals surface area (Å²) in [6.45, 7) is 0. The van der Waals surface area contributed by atoms with Gasteiger partial charge in [-0.2, -0.15) is 31.6 Å². The number of nitriles is 6. The molecular formula is C66H34N8. The van der Waals surface area contributed by atoms with E-state index < -0.39 is 0 Å². The van der Waals surface area contributed by atoms with Crippen LogP contribution in [0, 0.1) is 68.0 Å². The summed E-state index contributed by atoms with van der Waals surface area (Å²) < 4.78 is 4.31. The van der Waals surface area contributed by atoms with Gasteiger partial charge in [0.25, 0.3) is 0 Å². The molecule has 2 heterocycles. The molecule has 338 valence electrons. The molecule has 0 atom stereocenters. The average molecular weight is 939 g/mol. The summed E-state index contributed by atoms with van der Waals surface area (Å²) in [7, 11) is 0. The Balaban J connectivity index is 1.07. The SMILES string of the molecule is N#Cc1ccccc1-c1ccc2c(c1)c1cc(-c3ccccc3C#N)ccc1n2-c1ccc(C#N)c(-c2cc(-n3c4ccc(-c5ccccc5C#N)cc4c4cc(-c5ccccc5C#N)ccc43)ccc2C#N)c1. The predicted molar refractivity (Wildman–Crippen MR) is 291 cm³/mol. The van der Waals surface area contributed by atoms with Crippen LogP contribution in [0.5, 0.6) is 0 Å². The molecule has 0 fully saturated rings. The Hall–Kier alpha value is -11.3. The molecule has 0 aliphatic rings. The van der Waals surface area contributed by atoms with E-state index >= 15 is 0 Å². The topological polar surface area (TPSA) is 153 Å². The van der Waals surface area contributed by atoms with Crippen LogP contribution in [0.4, 0.5) is 0 Å². The standard InChI is InChI=1S/C66H34N8/c67-35-45-9-1-5-13-53(45)41-19-25-63-59(29-41)60-30-42(54-14-6-2-10-46(54)36-68)20-26-64(60)73(63)51-23-17-49(39-71)57(33-51)58-34-52(24-18-50(58)40-72)74-65-27-21-43(55-15-7-3-11-47(55)37-69)31-61(65)62-32-44(22-28-66(62)74)56-16-8-4-12-48(56)38-70/h1-34H. The molecule has 8 heteroatoms. The second kappa shape index (κ2) is 17.9. The zero-order valence-corrected chi connectivity index (χ0v) is 39.2. The van der Waals surface area contributed by atoms with Crippen LogP contribution in [0.3, 0.4) is 0 Å². The lowest BCUT2D eigenvalue weighted by Crippen LogP contribution is -1.99. The van der Waals surface area contributed by atoms with Gasteiger partial charge in [0.05, 0.1) is 91.9 Å². The molecule has 0 amide bonds. The van der Waals surface area contributed by atoms with Crippen molar-refractivity contribution in [3.8, 4) is 103 Å². The molecule has 0 radical (unpaired) electrons. The fraction of sp³-hybridized carbons (Fsp3) is 0. The third kappa shape index (κ3) is 7.10. The molecule has 74 heavy (non-hydrogen) atoms. The quantitative estimate of drug-likeness (QED) is 0.155. The smallest absolute Gasteiger partial charge is 0.0998 e. The lowest BCUT2D eigenvalue weighted by Gasteiger charge is -2.15. The lowest BCUT2D eigenvalue weighted by molar-refractivity contribution is 1.17. The summed E-state index contributed by atoms with van der Waals surface area (Å²) >= 11 is 0. The number of rotatable bonds is 7. The van der Waals surface area contributed by atoms with Gasteiger partial charge in [0.15, 0.2) is 0 Å². The monoisotopic (exact) mass is 938 g/mol. The van der Waals surface area contributed by atoms with Crippen molar-refractivity contribution in [1.82, 2.24) is 9.13 Å². The van der Waals surface area contributed by atoms with Crippen LogP contribution in [0.2, 0.25) is 0 Å². The van der Waals surface area contributed by atoms with Gasteiger partial charge in [-0.15, -0.1) is 0 Å². The van der Waals surface area contributed by atoms with Gasteiger partial charge in [-0.1, -0.05) is 97.1 Å². The van der Waals surface area contributed by atoms with Gasteiger partial charge in [0.1, 0.15) is 0 Å². The molecule has 0 saturated heterocycles. The molecule has 8 nitrogen and oxygen atoms in total. The van der Waals surface area contributed by atoms with Crippen molar-refractivity contribution in [2.75, 3.05) is 0 Å². The maximum Gasteiger partial charge on any atom is 0.0998 e. The summed E-state index contributed by atoms with van der Waals surface area (Å²) in [6, 6.07) is 80.4. The fourth-order valence-electron chi connectivity index (χ4n) is 10.6. The van der Waals surface area contributed by atoms with Crippen molar-refractivity contribution in [1.29, 1.82) is 31.6 Å². The Kier molecular flexibility index (Phi) is 10.7. The molecular weight excluding hydrogens is 905 g/mol. The molecule has 0 aliphatic heterocycles. The predicted octanol–water partition coefficient (Wildman–Crippen LogP) is 15.4. The Bertz CT molecular complexity index is 4110. The van der Waals surface area contributed by atoms with Crippen LogP contribution in [0.1, 0.15) is 33.4 Å². The third-order valence-corrected chi connectivity index (χ3v) is 14.0. The second-order valence-electron chi connectivity index (χ2n) is 17.9. The van der Waals surface area contributed by atoms with Gasteiger partial charge in [-0.3, -0.25) is 0 Å². The van der Waals surface area contributed by atoms with Crippen LogP contribution in [-0.2, 0) is 0 Å². The first-order valence-electron chi connectivity index (χ1n) is 23.7. The van der Waals surface area contributed by atoms with Crippen molar-refractivity contribution in [2.45, 2.75) is 0 Å². The largest absolute Gasteiger partial charge is 0.309 e. The maximum absolute atomic E-state index is 10.8. The Morgan fingerprint density at radius 2 is 0.473 bits per heavy atom. The Morgan fingerprint density at radius 3 is 0.730 bits per heavy atom. The third-order valence-electron chi connectivity index (χ3n) is 14.0. The minimum atomic E-state index is 0.387. The molecule has 0 aliphatic carbocycles. The Morgan fingerprint density at radius 1 is 0.230 bits per heavy atom. The Labute approximate surface area is 425 Å². The fourth-order valence-corrected chi connectivity index (χ4v) is 10.6. The van der Waals surface area contributed by atoms with Gasteiger partial charge in [0, 0.05) is 44.0 Å². The average Bonchev–Trinajstić information content (AvgIpc) is 3.98. The van der Waals surface area contributed by atoms with Crippen molar-refractivity contribution in [3.63, 3.8) is 0 Å².